The molecule has 0 saturated carbocycles. The molecule has 0 radical (unpaired) electrons. The highest BCUT2D eigenvalue weighted by Gasteiger charge is 2.09. The zero-order valence-corrected chi connectivity index (χ0v) is 12.3. The van der Waals surface area contributed by atoms with Gasteiger partial charge in [-0.2, -0.15) is 0 Å². The van der Waals surface area contributed by atoms with Crippen LogP contribution in [-0.2, 0) is 6.42 Å². The molecule has 0 spiro atoms. The number of nitrogens with two attached hydrogens (primary N) is 1. The number of rotatable bonds is 6. The summed E-state index contributed by atoms with van der Waals surface area (Å²) in [7, 11) is 0. The molecule has 0 aliphatic rings. The van der Waals surface area contributed by atoms with E-state index in [2.05, 4.69) is 26.0 Å². The minimum absolute atomic E-state index is 0.0731. The summed E-state index contributed by atoms with van der Waals surface area (Å²) in [5, 5.41) is 0. The van der Waals surface area contributed by atoms with Gasteiger partial charge in [0.2, 0.25) is 0 Å². The Morgan fingerprint density at radius 3 is 2.10 bits per heavy atom. The van der Waals surface area contributed by atoms with Crippen LogP contribution in [0.3, 0.4) is 0 Å². The van der Waals surface area contributed by atoms with E-state index in [4.69, 9.17) is 10.5 Å². The second-order valence-electron chi connectivity index (χ2n) is 5.90. The van der Waals surface area contributed by atoms with Crippen molar-refractivity contribution >= 4 is 0 Å². The average molecular weight is 269 g/mol. The molecule has 106 valence electrons. The molecule has 0 fully saturated rings. The molecule has 2 rings (SSSR count). The van der Waals surface area contributed by atoms with E-state index in [-0.39, 0.29) is 5.54 Å². The monoisotopic (exact) mass is 269 g/mol. The van der Waals surface area contributed by atoms with E-state index in [0.29, 0.717) is 0 Å². The summed E-state index contributed by atoms with van der Waals surface area (Å²) in [6.07, 6.45) is 3.21. The molecular formula is C18H23NO. The largest absolute Gasteiger partial charge is 0.457 e. The zero-order valence-electron chi connectivity index (χ0n) is 12.3. The molecule has 0 saturated heterocycles. The smallest absolute Gasteiger partial charge is 0.127 e. The van der Waals surface area contributed by atoms with Crippen molar-refractivity contribution in [1.82, 2.24) is 0 Å². The Bertz CT molecular complexity index is 511. The lowest BCUT2D eigenvalue weighted by molar-refractivity contribution is 0.458. The molecule has 0 aliphatic carbocycles. The first kappa shape index (κ1) is 14.6. The molecule has 2 aromatic carbocycles. The highest BCUT2D eigenvalue weighted by molar-refractivity contribution is 5.32. The van der Waals surface area contributed by atoms with E-state index in [1.54, 1.807) is 0 Å². The van der Waals surface area contributed by atoms with E-state index in [1.165, 1.54) is 5.56 Å². The Morgan fingerprint density at radius 2 is 1.50 bits per heavy atom. The SMILES string of the molecule is CC(C)(N)CCCc1ccc(Oc2ccccc2)cc1. The van der Waals surface area contributed by atoms with Crippen molar-refractivity contribution in [3.05, 3.63) is 60.2 Å². The molecule has 0 aromatic heterocycles. The first-order chi connectivity index (χ1) is 9.53. The van der Waals surface area contributed by atoms with Crippen LogP contribution in [-0.4, -0.2) is 5.54 Å². The van der Waals surface area contributed by atoms with Crippen molar-refractivity contribution in [1.29, 1.82) is 0 Å². The van der Waals surface area contributed by atoms with E-state index in [0.717, 1.165) is 30.8 Å². The van der Waals surface area contributed by atoms with Crippen LogP contribution in [0.4, 0.5) is 0 Å². The molecule has 2 nitrogen and oxygen atoms in total. The average Bonchev–Trinajstić information content (AvgIpc) is 2.41. The van der Waals surface area contributed by atoms with Crippen LogP contribution in [0.2, 0.25) is 0 Å². The summed E-state index contributed by atoms with van der Waals surface area (Å²) in [5.41, 5.74) is 7.24. The molecule has 0 atom stereocenters. The van der Waals surface area contributed by atoms with Gasteiger partial charge in [0.25, 0.3) is 0 Å². The highest BCUT2D eigenvalue weighted by atomic mass is 16.5. The highest BCUT2D eigenvalue weighted by Crippen LogP contribution is 2.22. The van der Waals surface area contributed by atoms with Crippen molar-refractivity contribution in [2.24, 2.45) is 5.73 Å². The number of aryl methyl sites for hydroxylation is 1. The fourth-order valence-electron chi connectivity index (χ4n) is 2.10. The summed E-state index contributed by atoms with van der Waals surface area (Å²) in [6.45, 7) is 4.15. The Morgan fingerprint density at radius 1 is 0.900 bits per heavy atom. The molecular weight excluding hydrogens is 246 g/mol. The van der Waals surface area contributed by atoms with Crippen molar-refractivity contribution in [3.8, 4) is 11.5 Å². The molecule has 0 amide bonds. The van der Waals surface area contributed by atoms with Gasteiger partial charge >= 0.3 is 0 Å². The molecule has 20 heavy (non-hydrogen) atoms. The van der Waals surface area contributed by atoms with Gasteiger partial charge in [-0.25, -0.2) is 0 Å². The van der Waals surface area contributed by atoms with Crippen LogP contribution in [0, 0.1) is 0 Å². The zero-order chi connectivity index (χ0) is 14.4. The topological polar surface area (TPSA) is 35.2 Å². The standard InChI is InChI=1S/C18H23NO/c1-18(2,19)14-6-7-15-10-12-17(13-11-15)20-16-8-4-3-5-9-16/h3-5,8-13H,6-7,14,19H2,1-2H3. The Hall–Kier alpha value is -1.80. The third-order valence-electron chi connectivity index (χ3n) is 3.19. The van der Waals surface area contributed by atoms with Crippen molar-refractivity contribution < 1.29 is 4.74 Å². The second kappa shape index (κ2) is 6.58. The van der Waals surface area contributed by atoms with Crippen molar-refractivity contribution in [2.75, 3.05) is 0 Å². The third kappa shape index (κ3) is 5.06. The van der Waals surface area contributed by atoms with Crippen molar-refractivity contribution in [3.63, 3.8) is 0 Å². The van der Waals surface area contributed by atoms with E-state index < -0.39 is 0 Å². The van der Waals surface area contributed by atoms with Crippen LogP contribution < -0.4 is 10.5 Å². The molecule has 2 N–H and O–H groups in total. The summed E-state index contributed by atoms with van der Waals surface area (Å²) < 4.78 is 5.77. The molecule has 0 unspecified atom stereocenters. The van der Waals surface area contributed by atoms with Crippen LogP contribution in [0.25, 0.3) is 0 Å². The maximum Gasteiger partial charge on any atom is 0.127 e. The predicted molar refractivity (Wildman–Crippen MR) is 84.2 cm³/mol. The summed E-state index contributed by atoms with van der Waals surface area (Å²) >= 11 is 0. The fraction of sp³-hybridized carbons (Fsp3) is 0.333. The molecule has 0 heterocycles. The fourth-order valence-corrected chi connectivity index (χ4v) is 2.10. The van der Waals surface area contributed by atoms with Gasteiger partial charge in [-0.05, 0) is 62.9 Å². The van der Waals surface area contributed by atoms with Crippen LogP contribution in [0.5, 0.6) is 11.5 Å². The first-order valence-electron chi connectivity index (χ1n) is 7.14. The minimum atomic E-state index is -0.0731. The maximum atomic E-state index is 5.99. The van der Waals surface area contributed by atoms with E-state index >= 15 is 0 Å². The Labute approximate surface area is 121 Å². The van der Waals surface area contributed by atoms with Gasteiger partial charge in [-0.1, -0.05) is 30.3 Å². The number of para-hydroxylation sites is 1. The molecule has 0 bridgehead atoms. The lowest BCUT2D eigenvalue weighted by Crippen LogP contribution is -2.31. The second-order valence-corrected chi connectivity index (χ2v) is 5.90. The number of hydrogen-bond acceptors (Lipinski definition) is 2. The van der Waals surface area contributed by atoms with Gasteiger partial charge in [0.15, 0.2) is 0 Å². The van der Waals surface area contributed by atoms with Gasteiger partial charge in [0.1, 0.15) is 11.5 Å². The van der Waals surface area contributed by atoms with Gasteiger partial charge in [0.05, 0.1) is 0 Å². The van der Waals surface area contributed by atoms with Gasteiger partial charge in [-0.15, -0.1) is 0 Å². The molecule has 0 aliphatic heterocycles. The Balaban J connectivity index is 1.87. The maximum absolute atomic E-state index is 5.99. The molecule has 2 heteroatoms. The van der Waals surface area contributed by atoms with Crippen LogP contribution in [0.15, 0.2) is 54.6 Å². The predicted octanol–water partition coefficient (Wildman–Crippen LogP) is 4.54. The van der Waals surface area contributed by atoms with E-state index in [1.807, 2.05) is 42.5 Å². The number of ether oxygens (including phenoxy) is 1. The normalized spacial score (nSPS) is 11.3. The lowest BCUT2D eigenvalue weighted by Gasteiger charge is -2.17. The van der Waals surface area contributed by atoms with Gasteiger partial charge in [0, 0.05) is 5.54 Å². The molecule has 2 aromatic rings. The quantitative estimate of drug-likeness (QED) is 0.835. The van der Waals surface area contributed by atoms with E-state index in [9.17, 15) is 0 Å². The lowest BCUT2D eigenvalue weighted by atomic mass is 9.97. The summed E-state index contributed by atoms with van der Waals surface area (Å²) in [6, 6.07) is 18.1. The van der Waals surface area contributed by atoms with Gasteiger partial charge in [-0.3, -0.25) is 0 Å². The first-order valence-corrected chi connectivity index (χ1v) is 7.14. The van der Waals surface area contributed by atoms with Crippen molar-refractivity contribution in [2.45, 2.75) is 38.6 Å². The number of benzene rings is 2. The summed E-state index contributed by atoms with van der Waals surface area (Å²) in [4.78, 5) is 0. The van der Waals surface area contributed by atoms with Crippen LogP contribution >= 0.6 is 0 Å². The minimum Gasteiger partial charge on any atom is -0.457 e. The van der Waals surface area contributed by atoms with Crippen LogP contribution in [0.1, 0.15) is 32.3 Å². The Kier molecular flexibility index (Phi) is 4.80. The number of hydrogen-bond donors (Lipinski definition) is 1. The summed E-state index contributed by atoms with van der Waals surface area (Å²) in [5.74, 6) is 1.74. The van der Waals surface area contributed by atoms with Gasteiger partial charge < -0.3 is 10.5 Å². The third-order valence-corrected chi connectivity index (χ3v) is 3.19.